The highest BCUT2D eigenvalue weighted by atomic mass is 16.2. The predicted octanol–water partition coefficient (Wildman–Crippen LogP) is 2.80. The van der Waals surface area contributed by atoms with Crippen LogP contribution >= 0.6 is 0 Å². The van der Waals surface area contributed by atoms with Gasteiger partial charge in [0.15, 0.2) is 0 Å². The fourth-order valence-electron chi connectivity index (χ4n) is 2.02. The summed E-state index contributed by atoms with van der Waals surface area (Å²) in [6, 6.07) is 3.47. The highest BCUT2D eigenvalue weighted by Gasteiger charge is 2.29. The van der Waals surface area contributed by atoms with Crippen LogP contribution in [0.4, 0.5) is 11.5 Å². The lowest BCUT2D eigenvalue weighted by Crippen LogP contribution is -2.21. The SMILES string of the molecule is CCC(CC)C(=O)Nc1ccc(NC(=O)C2CC2)nc1. The Morgan fingerprint density at radius 1 is 1.25 bits per heavy atom. The molecule has 0 saturated heterocycles. The number of nitrogens with zero attached hydrogens (tertiary/aromatic N) is 1. The van der Waals surface area contributed by atoms with Crippen molar-refractivity contribution in [3.63, 3.8) is 0 Å². The number of hydrogen-bond acceptors (Lipinski definition) is 3. The van der Waals surface area contributed by atoms with Crippen LogP contribution in [-0.2, 0) is 9.59 Å². The first-order chi connectivity index (χ1) is 9.63. The molecule has 1 aromatic rings. The van der Waals surface area contributed by atoms with Gasteiger partial charge < -0.3 is 10.6 Å². The van der Waals surface area contributed by atoms with Gasteiger partial charge in [0.25, 0.3) is 0 Å². The molecule has 108 valence electrons. The van der Waals surface area contributed by atoms with E-state index in [4.69, 9.17) is 0 Å². The molecule has 0 bridgehead atoms. The van der Waals surface area contributed by atoms with Crippen LogP contribution in [0.1, 0.15) is 39.5 Å². The molecule has 0 radical (unpaired) electrons. The van der Waals surface area contributed by atoms with Gasteiger partial charge in [-0.2, -0.15) is 0 Å². The van der Waals surface area contributed by atoms with Gasteiger partial charge in [-0.1, -0.05) is 13.8 Å². The maximum Gasteiger partial charge on any atom is 0.228 e. The van der Waals surface area contributed by atoms with E-state index in [-0.39, 0.29) is 23.7 Å². The zero-order chi connectivity index (χ0) is 14.5. The molecule has 2 N–H and O–H groups in total. The molecule has 0 aliphatic heterocycles. The van der Waals surface area contributed by atoms with E-state index < -0.39 is 0 Å². The van der Waals surface area contributed by atoms with Gasteiger partial charge >= 0.3 is 0 Å². The van der Waals surface area contributed by atoms with Crippen LogP contribution in [0.25, 0.3) is 0 Å². The van der Waals surface area contributed by atoms with Crippen LogP contribution in [0.5, 0.6) is 0 Å². The fourth-order valence-corrected chi connectivity index (χ4v) is 2.02. The largest absolute Gasteiger partial charge is 0.324 e. The van der Waals surface area contributed by atoms with Gasteiger partial charge in [0.05, 0.1) is 11.9 Å². The lowest BCUT2D eigenvalue weighted by molar-refractivity contribution is -0.120. The number of carbonyl (C=O) groups is 2. The summed E-state index contributed by atoms with van der Waals surface area (Å²) in [7, 11) is 0. The van der Waals surface area contributed by atoms with Crippen LogP contribution < -0.4 is 10.6 Å². The minimum Gasteiger partial charge on any atom is -0.324 e. The number of nitrogens with one attached hydrogen (secondary N) is 2. The summed E-state index contributed by atoms with van der Waals surface area (Å²) in [6.45, 7) is 4.00. The van der Waals surface area contributed by atoms with Crippen molar-refractivity contribution in [2.45, 2.75) is 39.5 Å². The Bertz CT molecular complexity index is 476. The van der Waals surface area contributed by atoms with Crippen molar-refractivity contribution in [1.82, 2.24) is 4.98 Å². The van der Waals surface area contributed by atoms with Crippen LogP contribution in [0.15, 0.2) is 18.3 Å². The van der Waals surface area contributed by atoms with Gasteiger partial charge in [-0.25, -0.2) is 4.98 Å². The summed E-state index contributed by atoms with van der Waals surface area (Å²) in [5.74, 6) is 0.774. The Morgan fingerprint density at radius 3 is 2.45 bits per heavy atom. The first-order valence-corrected chi connectivity index (χ1v) is 7.21. The maximum absolute atomic E-state index is 11.9. The minimum atomic E-state index is 0.0200. The van der Waals surface area contributed by atoms with Gasteiger partial charge in [0, 0.05) is 11.8 Å². The lowest BCUT2D eigenvalue weighted by Gasteiger charge is -2.12. The molecule has 1 aromatic heterocycles. The summed E-state index contributed by atoms with van der Waals surface area (Å²) in [5, 5.41) is 5.61. The van der Waals surface area contributed by atoms with Crippen molar-refractivity contribution in [3.8, 4) is 0 Å². The number of anilines is 2. The fraction of sp³-hybridized carbons (Fsp3) is 0.533. The number of rotatable bonds is 6. The topological polar surface area (TPSA) is 71.1 Å². The summed E-state index contributed by atoms with van der Waals surface area (Å²) < 4.78 is 0. The van der Waals surface area contributed by atoms with Gasteiger partial charge in [0.2, 0.25) is 11.8 Å². The van der Waals surface area contributed by atoms with E-state index in [2.05, 4.69) is 15.6 Å². The molecule has 5 nitrogen and oxygen atoms in total. The van der Waals surface area contributed by atoms with Gasteiger partial charge in [-0.3, -0.25) is 9.59 Å². The zero-order valence-corrected chi connectivity index (χ0v) is 12.0. The first kappa shape index (κ1) is 14.5. The van der Waals surface area contributed by atoms with E-state index in [0.717, 1.165) is 25.7 Å². The summed E-state index contributed by atoms with van der Waals surface area (Å²) in [4.78, 5) is 27.7. The molecule has 1 saturated carbocycles. The third kappa shape index (κ3) is 3.79. The molecule has 20 heavy (non-hydrogen) atoms. The lowest BCUT2D eigenvalue weighted by atomic mass is 10.0. The van der Waals surface area contributed by atoms with Gasteiger partial charge in [-0.15, -0.1) is 0 Å². The predicted molar refractivity (Wildman–Crippen MR) is 78.3 cm³/mol. The van der Waals surface area contributed by atoms with Crippen molar-refractivity contribution in [1.29, 1.82) is 0 Å². The molecule has 0 unspecified atom stereocenters. The number of aromatic nitrogens is 1. The molecule has 1 aliphatic rings. The van der Waals surface area contributed by atoms with E-state index in [1.807, 2.05) is 13.8 Å². The van der Waals surface area contributed by atoms with E-state index in [1.165, 1.54) is 0 Å². The molecule has 1 aliphatic carbocycles. The Kier molecular flexibility index (Phi) is 4.71. The van der Waals surface area contributed by atoms with E-state index in [1.54, 1.807) is 18.3 Å². The third-order valence-corrected chi connectivity index (χ3v) is 3.59. The summed E-state index contributed by atoms with van der Waals surface area (Å²) in [5.41, 5.74) is 0.659. The standard InChI is InChI=1S/C15H21N3O2/c1-3-10(4-2)14(19)17-12-7-8-13(16-9-12)18-15(20)11-5-6-11/h7-11H,3-6H2,1-2H3,(H,17,19)(H,16,18,20). The summed E-state index contributed by atoms with van der Waals surface area (Å²) >= 11 is 0. The number of carbonyl (C=O) groups excluding carboxylic acids is 2. The number of amides is 2. The quantitative estimate of drug-likeness (QED) is 0.838. The molecule has 0 aromatic carbocycles. The molecule has 5 heteroatoms. The first-order valence-electron chi connectivity index (χ1n) is 7.21. The van der Waals surface area contributed by atoms with Crippen LogP contribution in [0.2, 0.25) is 0 Å². The molecule has 0 atom stereocenters. The Balaban J connectivity index is 1.90. The zero-order valence-electron chi connectivity index (χ0n) is 12.0. The van der Waals surface area contributed by atoms with Crippen LogP contribution in [0, 0.1) is 11.8 Å². The average molecular weight is 275 g/mol. The molecule has 1 heterocycles. The normalized spacial score (nSPS) is 14.2. The average Bonchev–Trinajstić information content (AvgIpc) is 3.27. The van der Waals surface area contributed by atoms with E-state index in [0.29, 0.717) is 11.5 Å². The van der Waals surface area contributed by atoms with E-state index >= 15 is 0 Å². The second kappa shape index (κ2) is 6.50. The Morgan fingerprint density at radius 2 is 1.95 bits per heavy atom. The molecule has 1 fully saturated rings. The highest BCUT2D eigenvalue weighted by Crippen LogP contribution is 2.29. The smallest absolute Gasteiger partial charge is 0.228 e. The monoisotopic (exact) mass is 275 g/mol. The Labute approximate surface area is 119 Å². The molecular weight excluding hydrogens is 254 g/mol. The van der Waals surface area contributed by atoms with Crippen molar-refractivity contribution in [3.05, 3.63) is 18.3 Å². The second-order valence-electron chi connectivity index (χ2n) is 5.20. The van der Waals surface area contributed by atoms with Gasteiger partial charge in [0.1, 0.15) is 5.82 Å². The number of hydrogen-bond donors (Lipinski definition) is 2. The highest BCUT2D eigenvalue weighted by molar-refractivity contribution is 5.94. The molecule has 2 amide bonds. The third-order valence-electron chi connectivity index (χ3n) is 3.59. The van der Waals surface area contributed by atoms with Crippen molar-refractivity contribution in [2.24, 2.45) is 11.8 Å². The molecule has 0 spiro atoms. The summed E-state index contributed by atoms with van der Waals surface area (Å²) in [6.07, 6.45) is 5.16. The van der Waals surface area contributed by atoms with Crippen molar-refractivity contribution >= 4 is 23.3 Å². The van der Waals surface area contributed by atoms with Gasteiger partial charge in [-0.05, 0) is 37.8 Å². The molecule has 2 rings (SSSR count). The van der Waals surface area contributed by atoms with Crippen LogP contribution in [0.3, 0.4) is 0 Å². The van der Waals surface area contributed by atoms with Crippen molar-refractivity contribution in [2.75, 3.05) is 10.6 Å². The van der Waals surface area contributed by atoms with Crippen LogP contribution in [-0.4, -0.2) is 16.8 Å². The Hall–Kier alpha value is -1.91. The van der Waals surface area contributed by atoms with E-state index in [9.17, 15) is 9.59 Å². The maximum atomic E-state index is 11.9. The minimum absolute atomic E-state index is 0.0200. The van der Waals surface area contributed by atoms with Crippen molar-refractivity contribution < 1.29 is 9.59 Å². The second-order valence-corrected chi connectivity index (χ2v) is 5.20. The molecular formula is C15H21N3O2. The number of pyridine rings is 1.